The minimum atomic E-state index is -0.724. The summed E-state index contributed by atoms with van der Waals surface area (Å²) in [5.74, 6) is 0.719. The van der Waals surface area contributed by atoms with Gasteiger partial charge in [-0.05, 0) is 53.9 Å². The van der Waals surface area contributed by atoms with Crippen molar-refractivity contribution in [2.75, 3.05) is 6.54 Å². The van der Waals surface area contributed by atoms with Crippen molar-refractivity contribution in [2.45, 2.75) is 18.9 Å². The Hall–Kier alpha value is -3.87. The lowest BCUT2D eigenvalue weighted by atomic mass is 10.0. The van der Waals surface area contributed by atoms with Crippen LogP contribution in [0.1, 0.15) is 23.6 Å². The number of carbonyl (C=O) groups excluding carboxylic acids is 2. The molecule has 0 spiro atoms. The summed E-state index contributed by atoms with van der Waals surface area (Å²) < 4.78 is 18.8. The van der Waals surface area contributed by atoms with Crippen LogP contribution in [0.5, 0.6) is 11.5 Å². The molecule has 0 aromatic heterocycles. The van der Waals surface area contributed by atoms with Gasteiger partial charge in [-0.3, -0.25) is 4.79 Å². The summed E-state index contributed by atoms with van der Waals surface area (Å²) in [4.78, 5) is 23.9. The van der Waals surface area contributed by atoms with Crippen LogP contribution in [-0.4, -0.2) is 18.5 Å². The zero-order valence-electron chi connectivity index (χ0n) is 16.9. The Balaban J connectivity index is 1.61. The number of nitrogens with one attached hydrogen (secondary N) is 2. The number of carbonyl (C=O) groups is 2. The van der Waals surface area contributed by atoms with Crippen LogP contribution in [0, 0.1) is 5.82 Å². The van der Waals surface area contributed by atoms with Crippen molar-refractivity contribution < 1.29 is 18.7 Å². The van der Waals surface area contributed by atoms with Gasteiger partial charge in [0.1, 0.15) is 17.3 Å². The lowest BCUT2D eigenvalue weighted by molar-refractivity contribution is -0.121. The van der Waals surface area contributed by atoms with Crippen molar-refractivity contribution >= 4 is 11.9 Å². The topological polar surface area (TPSA) is 93.5 Å². The summed E-state index contributed by atoms with van der Waals surface area (Å²) in [5, 5.41) is 5.43. The van der Waals surface area contributed by atoms with Crippen LogP contribution >= 0.6 is 0 Å². The van der Waals surface area contributed by atoms with E-state index in [1.165, 1.54) is 12.1 Å². The molecule has 0 bridgehead atoms. The van der Waals surface area contributed by atoms with Crippen molar-refractivity contribution in [3.8, 4) is 11.5 Å². The van der Waals surface area contributed by atoms with Crippen molar-refractivity contribution in [3.63, 3.8) is 0 Å². The zero-order chi connectivity index (χ0) is 22.1. The molecule has 4 N–H and O–H groups in total. The van der Waals surface area contributed by atoms with E-state index < -0.39 is 12.1 Å². The smallest absolute Gasteiger partial charge is 0.312 e. The number of benzene rings is 3. The number of amides is 3. The Morgan fingerprint density at radius 3 is 2.35 bits per heavy atom. The van der Waals surface area contributed by atoms with Crippen LogP contribution in [0.3, 0.4) is 0 Å². The van der Waals surface area contributed by atoms with E-state index in [0.717, 1.165) is 5.56 Å². The minimum Gasteiger partial charge on any atom is -0.457 e. The maximum atomic E-state index is 13.0. The molecule has 7 heteroatoms. The molecule has 0 aliphatic carbocycles. The first-order chi connectivity index (χ1) is 15.0. The largest absolute Gasteiger partial charge is 0.457 e. The van der Waals surface area contributed by atoms with Crippen LogP contribution in [0.2, 0.25) is 0 Å². The van der Waals surface area contributed by atoms with Gasteiger partial charge in [-0.15, -0.1) is 0 Å². The third kappa shape index (κ3) is 7.15. The molecule has 3 rings (SSSR count). The van der Waals surface area contributed by atoms with Crippen LogP contribution in [0.25, 0.3) is 0 Å². The standard InChI is InChI=1S/C24H24FN3O3/c25-19-11-9-17(10-12-19)13-14-27-23(29)16-22(28-24(26)30)18-5-4-8-21(15-18)31-20-6-2-1-3-7-20/h1-12,15,22H,13-14,16H2,(H,27,29)(H3,26,28,30)/t22-/m1/s1. The van der Waals surface area contributed by atoms with Gasteiger partial charge in [-0.2, -0.15) is 0 Å². The average molecular weight is 421 g/mol. The molecule has 1 atom stereocenters. The molecule has 0 heterocycles. The number of rotatable bonds is 9. The molecule has 0 aliphatic heterocycles. The summed E-state index contributed by atoms with van der Waals surface area (Å²) in [6, 6.07) is 21.2. The fourth-order valence-corrected chi connectivity index (χ4v) is 3.10. The lowest BCUT2D eigenvalue weighted by Gasteiger charge is -2.19. The van der Waals surface area contributed by atoms with Gasteiger partial charge in [-0.25, -0.2) is 9.18 Å². The van der Waals surface area contributed by atoms with E-state index in [4.69, 9.17) is 10.5 Å². The van der Waals surface area contributed by atoms with E-state index in [1.54, 1.807) is 36.4 Å². The van der Waals surface area contributed by atoms with E-state index in [0.29, 0.717) is 30.0 Å². The van der Waals surface area contributed by atoms with Crippen LogP contribution in [0.15, 0.2) is 78.9 Å². The highest BCUT2D eigenvalue weighted by atomic mass is 19.1. The molecule has 0 fully saturated rings. The Morgan fingerprint density at radius 2 is 1.65 bits per heavy atom. The summed E-state index contributed by atoms with van der Waals surface area (Å²) in [6.45, 7) is 0.394. The minimum absolute atomic E-state index is 0.0150. The summed E-state index contributed by atoms with van der Waals surface area (Å²) >= 11 is 0. The van der Waals surface area contributed by atoms with Gasteiger partial charge >= 0.3 is 6.03 Å². The van der Waals surface area contributed by atoms with Gasteiger partial charge in [-0.1, -0.05) is 42.5 Å². The molecule has 6 nitrogen and oxygen atoms in total. The average Bonchev–Trinajstić information content (AvgIpc) is 2.75. The Bertz CT molecular complexity index is 1010. The first-order valence-corrected chi connectivity index (χ1v) is 9.89. The molecule has 0 saturated carbocycles. The zero-order valence-corrected chi connectivity index (χ0v) is 16.9. The first-order valence-electron chi connectivity index (χ1n) is 9.89. The van der Waals surface area contributed by atoms with Crippen molar-refractivity contribution in [1.82, 2.24) is 10.6 Å². The monoisotopic (exact) mass is 421 g/mol. The molecular formula is C24H24FN3O3. The molecular weight excluding hydrogens is 397 g/mol. The number of ether oxygens (including phenoxy) is 1. The van der Waals surface area contributed by atoms with E-state index in [-0.39, 0.29) is 18.1 Å². The van der Waals surface area contributed by atoms with Crippen molar-refractivity contribution in [1.29, 1.82) is 0 Å². The third-order valence-electron chi connectivity index (χ3n) is 4.59. The maximum absolute atomic E-state index is 13.0. The van der Waals surface area contributed by atoms with Crippen molar-refractivity contribution in [3.05, 3.63) is 95.8 Å². The second-order valence-corrected chi connectivity index (χ2v) is 6.98. The molecule has 0 saturated heterocycles. The Morgan fingerprint density at radius 1 is 0.935 bits per heavy atom. The first kappa shape index (κ1) is 21.8. The lowest BCUT2D eigenvalue weighted by Crippen LogP contribution is -2.37. The van der Waals surface area contributed by atoms with E-state index in [1.807, 2.05) is 30.3 Å². The Labute approximate surface area is 180 Å². The summed E-state index contributed by atoms with van der Waals surface area (Å²) in [5.41, 5.74) is 6.92. The number of urea groups is 1. The van der Waals surface area contributed by atoms with Gasteiger partial charge < -0.3 is 21.1 Å². The molecule has 0 aliphatic rings. The highest BCUT2D eigenvalue weighted by molar-refractivity contribution is 5.78. The number of para-hydroxylation sites is 1. The normalized spacial score (nSPS) is 11.4. The van der Waals surface area contributed by atoms with Crippen LogP contribution in [0.4, 0.5) is 9.18 Å². The number of hydrogen-bond acceptors (Lipinski definition) is 3. The SMILES string of the molecule is NC(=O)N[C@H](CC(=O)NCCc1ccc(F)cc1)c1cccc(Oc2ccccc2)c1. The van der Waals surface area contributed by atoms with E-state index >= 15 is 0 Å². The summed E-state index contributed by atoms with van der Waals surface area (Å²) in [7, 11) is 0. The van der Waals surface area contributed by atoms with Gasteiger partial charge in [0, 0.05) is 6.54 Å². The number of halogens is 1. The van der Waals surface area contributed by atoms with E-state index in [9.17, 15) is 14.0 Å². The third-order valence-corrected chi connectivity index (χ3v) is 4.59. The summed E-state index contributed by atoms with van der Waals surface area (Å²) in [6.07, 6.45) is 0.585. The molecule has 0 radical (unpaired) electrons. The molecule has 3 aromatic carbocycles. The molecule has 31 heavy (non-hydrogen) atoms. The second-order valence-electron chi connectivity index (χ2n) is 6.98. The second kappa shape index (κ2) is 10.8. The number of hydrogen-bond donors (Lipinski definition) is 3. The molecule has 3 amide bonds. The molecule has 3 aromatic rings. The predicted octanol–water partition coefficient (Wildman–Crippen LogP) is 4.08. The van der Waals surface area contributed by atoms with Gasteiger partial charge in [0.25, 0.3) is 0 Å². The van der Waals surface area contributed by atoms with Crippen LogP contribution < -0.4 is 21.1 Å². The fourth-order valence-electron chi connectivity index (χ4n) is 3.10. The predicted molar refractivity (Wildman–Crippen MR) is 116 cm³/mol. The number of nitrogens with two attached hydrogens (primary N) is 1. The van der Waals surface area contributed by atoms with Crippen LogP contribution in [-0.2, 0) is 11.2 Å². The number of primary amides is 1. The fraction of sp³-hybridized carbons (Fsp3) is 0.167. The quantitative estimate of drug-likeness (QED) is 0.486. The maximum Gasteiger partial charge on any atom is 0.312 e. The van der Waals surface area contributed by atoms with E-state index in [2.05, 4.69) is 10.6 Å². The van der Waals surface area contributed by atoms with Crippen molar-refractivity contribution in [2.24, 2.45) is 5.73 Å². The van der Waals surface area contributed by atoms with Gasteiger partial charge in [0.2, 0.25) is 5.91 Å². The highest BCUT2D eigenvalue weighted by Crippen LogP contribution is 2.26. The molecule has 0 unspecified atom stereocenters. The Kier molecular flexibility index (Phi) is 7.59. The highest BCUT2D eigenvalue weighted by Gasteiger charge is 2.18. The van der Waals surface area contributed by atoms with Gasteiger partial charge in [0.05, 0.1) is 12.5 Å². The van der Waals surface area contributed by atoms with Gasteiger partial charge in [0.15, 0.2) is 0 Å². The molecule has 160 valence electrons.